The maximum Gasteiger partial charge on any atom is 0.123 e. The van der Waals surface area contributed by atoms with Crippen molar-refractivity contribution in [1.82, 2.24) is 0 Å². The Morgan fingerprint density at radius 3 is 2.47 bits per heavy atom. The number of aryl methyl sites for hydroxylation is 2. The van der Waals surface area contributed by atoms with E-state index in [2.05, 4.69) is 18.2 Å². The van der Waals surface area contributed by atoms with Crippen molar-refractivity contribution in [2.45, 2.75) is 25.7 Å². The van der Waals surface area contributed by atoms with Crippen LogP contribution in [0.15, 0.2) is 30.3 Å². The van der Waals surface area contributed by atoms with E-state index in [1.807, 2.05) is 12.1 Å². The van der Waals surface area contributed by atoms with Crippen LogP contribution in [0.5, 0.6) is 5.75 Å². The molecule has 0 saturated carbocycles. The van der Waals surface area contributed by atoms with E-state index >= 15 is 0 Å². The Morgan fingerprint density at radius 2 is 1.59 bits per heavy atom. The second kappa shape index (κ2) is 3.13. The van der Waals surface area contributed by atoms with E-state index in [-0.39, 0.29) is 0 Å². The molecule has 0 aliphatic heterocycles. The third-order valence-corrected chi connectivity index (χ3v) is 4.01. The molecule has 0 heterocycles. The largest absolute Gasteiger partial charge is 0.507 e. The van der Waals surface area contributed by atoms with E-state index in [1.54, 1.807) is 0 Å². The average Bonchev–Trinajstić information content (AvgIpc) is 3.09. The van der Waals surface area contributed by atoms with Gasteiger partial charge >= 0.3 is 0 Å². The lowest BCUT2D eigenvalue weighted by Crippen LogP contribution is -1.88. The fourth-order valence-electron chi connectivity index (χ4n) is 3.11. The fraction of sp³-hybridized carbons (Fsp3) is 0.250. The number of rotatable bonds is 0. The predicted octanol–water partition coefficient (Wildman–Crippen LogP) is 3.45. The Kier molecular flexibility index (Phi) is 1.71. The summed E-state index contributed by atoms with van der Waals surface area (Å²) in [6.07, 6.45) is 4.51. The van der Waals surface area contributed by atoms with E-state index < -0.39 is 0 Å². The molecule has 4 rings (SSSR count). The lowest BCUT2D eigenvalue weighted by atomic mass is 9.95. The van der Waals surface area contributed by atoms with Gasteiger partial charge < -0.3 is 5.11 Å². The first-order valence-corrected chi connectivity index (χ1v) is 6.29. The molecular formula is C16H14O. The summed E-state index contributed by atoms with van der Waals surface area (Å²) in [6.45, 7) is 0. The van der Waals surface area contributed by atoms with Crippen LogP contribution in [0, 0.1) is 0 Å². The molecule has 0 radical (unpaired) electrons. The predicted molar refractivity (Wildman–Crippen MR) is 68.4 cm³/mol. The first-order chi connectivity index (χ1) is 8.34. The number of fused-ring (bicyclic) bond motifs is 5. The Hall–Kier alpha value is -1.76. The molecule has 0 spiro atoms. The quantitative estimate of drug-likeness (QED) is 0.617. The second-order valence-corrected chi connectivity index (χ2v) is 5.08. The van der Waals surface area contributed by atoms with Gasteiger partial charge in [-0.2, -0.15) is 0 Å². The molecule has 2 aromatic carbocycles. The molecule has 1 heteroatoms. The molecule has 0 bridgehead atoms. The Bertz CT molecular complexity index is 609. The Balaban J connectivity index is 2.09. The molecule has 0 amide bonds. The molecule has 0 fully saturated rings. The van der Waals surface area contributed by atoms with Crippen molar-refractivity contribution in [3.63, 3.8) is 0 Å². The zero-order valence-electron chi connectivity index (χ0n) is 9.66. The van der Waals surface area contributed by atoms with E-state index in [0.717, 1.165) is 24.8 Å². The highest BCUT2D eigenvalue weighted by Crippen LogP contribution is 2.46. The first kappa shape index (κ1) is 9.29. The van der Waals surface area contributed by atoms with Gasteiger partial charge in [0.05, 0.1) is 0 Å². The molecule has 1 nitrogen and oxygen atoms in total. The van der Waals surface area contributed by atoms with Crippen LogP contribution in [0.3, 0.4) is 0 Å². The zero-order valence-corrected chi connectivity index (χ0v) is 9.66. The smallest absolute Gasteiger partial charge is 0.123 e. The van der Waals surface area contributed by atoms with Crippen molar-refractivity contribution in [2.75, 3.05) is 0 Å². The van der Waals surface area contributed by atoms with Crippen LogP contribution in [0.2, 0.25) is 0 Å². The molecule has 0 saturated heterocycles. The van der Waals surface area contributed by atoms with Crippen LogP contribution in [-0.4, -0.2) is 5.11 Å². The molecule has 2 aliphatic carbocycles. The summed E-state index contributed by atoms with van der Waals surface area (Å²) in [5, 5.41) is 10.2. The molecular weight excluding hydrogens is 208 g/mol. The van der Waals surface area contributed by atoms with Gasteiger partial charge in [0.2, 0.25) is 0 Å². The van der Waals surface area contributed by atoms with E-state index in [9.17, 15) is 5.11 Å². The molecule has 1 N–H and O–H groups in total. The summed E-state index contributed by atoms with van der Waals surface area (Å²) in [7, 11) is 0. The Labute approximate surface area is 101 Å². The van der Waals surface area contributed by atoms with Gasteiger partial charge in [-0.05, 0) is 59.6 Å². The van der Waals surface area contributed by atoms with Gasteiger partial charge in [0.25, 0.3) is 0 Å². The van der Waals surface area contributed by atoms with Gasteiger partial charge in [0, 0.05) is 5.56 Å². The third kappa shape index (κ3) is 1.25. The van der Waals surface area contributed by atoms with Gasteiger partial charge in [-0.1, -0.05) is 24.3 Å². The van der Waals surface area contributed by atoms with Gasteiger partial charge in [-0.25, -0.2) is 0 Å². The molecule has 2 aromatic rings. The summed E-state index contributed by atoms with van der Waals surface area (Å²) in [5.41, 5.74) is 8.10. The highest BCUT2D eigenvalue weighted by Gasteiger charge is 2.28. The number of hydrogen-bond donors (Lipinski definition) is 1. The number of aromatic hydroxyl groups is 1. The number of hydrogen-bond acceptors (Lipinski definition) is 1. The lowest BCUT2D eigenvalue weighted by Gasteiger charge is -2.10. The normalized spacial score (nSPS) is 15.5. The minimum atomic E-state index is 0.450. The maximum absolute atomic E-state index is 10.2. The number of phenolic OH excluding ortho intramolecular Hbond substituents is 1. The van der Waals surface area contributed by atoms with E-state index in [1.165, 1.54) is 34.2 Å². The van der Waals surface area contributed by atoms with Crippen molar-refractivity contribution >= 4 is 0 Å². The van der Waals surface area contributed by atoms with E-state index in [0.29, 0.717) is 5.75 Å². The van der Waals surface area contributed by atoms with Gasteiger partial charge in [-0.3, -0.25) is 0 Å². The first-order valence-electron chi connectivity index (χ1n) is 6.29. The van der Waals surface area contributed by atoms with Gasteiger partial charge in [0.15, 0.2) is 0 Å². The lowest BCUT2D eigenvalue weighted by molar-refractivity contribution is 0.476. The molecule has 0 unspecified atom stereocenters. The molecule has 17 heavy (non-hydrogen) atoms. The molecule has 0 atom stereocenters. The van der Waals surface area contributed by atoms with Crippen molar-refractivity contribution in [2.24, 2.45) is 0 Å². The summed E-state index contributed by atoms with van der Waals surface area (Å²) < 4.78 is 0. The Morgan fingerprint density at radius 1 is 0.824 bits per heavy atom. The molecule has 84 valence electrons. The number of phenols is 1. The third-order valence-electron chi connectivity index (χ3n) is 4.01. The summed E-state index contributed by atoms with van der Waals surface area (Å²) in [5.74, 6) is 0.450. The topological polar surface area (TPSA) is 20.2 Å². The van der Waals surface area contributed by atoms with Crippen LogP contribution >= 0.6 is 0 Å². The van der Waals surface area contributed by atoms with Crippen LogP contribution < -0.4 is 0 Å². The molecule has 0 aromatic heterocycles. The van der Waals surface area contributed by atoms with Crippen LogP contribution in [0.25, 0.3) is 11.1 Å². The highest BCUT2D eigenvalue weighted by molar-refractivity contribution is 5.83. The van der Waals surface area contributed by atoms with Crippen molar-refractivity contribution in [1.29, 1.82) is 0 Å². The van der Waals surface area contributed by atoms with Crippen molar-refractivity contribution < 1.29 is 5.11 Å². The van der Waals surface area contributed by atoms with Crippen LogP contribution in [0.1, 0.15) is 28.7 Å². The standard InChI is InChI=1S/C16H14O/c17-14-6-2-5-10-3-1-4-11-7-8-12-9-13(12)15(11)16(10)14/h2,5-8,17H,1,3-4,9H2. The summed E-state index contributed by atoms with van der Waals surface area (Å²) in [6, 6.07) is 10.4. The number of benzene rings is 2. The van der Waals surface area contributed by atoms with Crippen LogP contribution in [0.4, 0.5) is 0 Å². The van der Waals surface area contributed by atoms with Gasteiger partial charge in [-0.15, -0.1) is 0 Å². The monoisotopic (exact) mass is 222 g/mol. The minimum absolute atomic E-state index is 0.450. The van der Waals surface area contributed by atoms with Crippen molar-refractivity contribution in [3.05, 3.63) is 52.6 Å². The van der Waals surface area contributed by atoms with E-state index in [4.69, 9.17) is 0 Å². The average molecular weight is 222 g/mol. The summed E-state index contributed by atoms with van der Waals surface area (Å²) in [4.78, 5) is 0. The fourth-order valence-corrected chi connectivity index (χ4v) is 3.11. The SMILES string of the molecule is Oc1cccc2c1-c1c(ccc3c1C3)CCC2. The zero-order chi connectivity index (χ0) is 11.4. The summed E-state index contributed by atoms with van der Waals surface area (Å²) >= 11 is 0. The minimum Gasteiger partial charge on any atom is -0.507 e. The second-order valence-electron chi connectivity index (χ2n) is 5.08. The highest BCUT2D eigenvalue weighted by atomic mass is 16.3. The van der Waals surface area contributed by atoms with Gasteiger partial charge in [0.1, 0.15) is 5.75 Å². The molecule has 2 aliphatic rings. The van der Waals surface area contributed by atoms with Crippen LogP contribution in [-0.2, 0) is 19.3 Å². The van der Waals surface area contributed by atoms with Crippen molar-refractivity contribution in [3.8, 4) is 16.9 Å². The maximum atomic E-state index is 10.2.